The molecule has 1 aromatic rings. The Labute approximate surface area is 60.7 Å². The maximum Gasteiger partial charge on any atom is 0.0923 e. The third-order valence-corrected chi connectivity index (χ3v) is 2.29. The molecule has 54 valence electrons. The number of nitrogens with one attached hydrogen (secondary N) is 1. The van der Waals surface area contributed by atoms with E-state index >= 15 is 0 Å². The Hall–Kier alpha value is -0.790. The quantitative estimate of drug-likeness (QED) is 0.629. The zero-order valence-electron chi connectivity index (χ0n) is 6.01. The van der Waals surface area contributed by atoms with E-state index in [1.54, 1.807) is 6.33 Å². The van der Waals surface area contributed by atoms with Crippen LogP contribution in [0.15, 0.2) is 12.5 Å². The van der Waals surface area contributed by atoms with Gasteiger partial charge in [-0.3, -0.25) is 0 Å². The smallest absolute Gasteiger partial charge is 0.0923 e. The maximum atomic E-state index is 4.24. The lowest BCUT2D eigenvalue weighted by atomic mass is 10.1. The van der Waals surface area contributed by atoms with E-state index in [-0.39, 0.29) is 0 Å². The standard InChI is InChI=1S/C8H12N2/c1-2-4-7(3-1)8-5-9-6-10-8/h5-7H,1-4H2,(H,9,10). The van der Waals surface area contributed by atoms with Crippen molar-refractivity contribution in [3.63, 3.8) is 0 Å². The molecule has 0 unspecified atom stereocenters. The number of hydrogen-bond acceptors (Lipinski definition) is 1. The minimum Gasteiger partial charge on any atom is -0.351 e. The van der Waals surface area contributed by atoms with Crippen molar-refractivity contribution in [2.75, 3.05) is 0 Å². The fourth-order valence-electron chi connectivity index (χ4n) is 1.72. The molecule has 0 aromatic carbocycles. The minimum absolute atomic E-state index is 0.756. The van der Waals surface area contributed by atoms with Crippen molar-refractivity contribution in [3.8, 4) is 0 Å². The van der Waals surface area contributed by atoms with Crippen molar-refractivity contribution in [2.45, 2.75) is 31.6 Å². The van der Waals surface area contributed by atoms with Gasteiger partial charge in [0, 0.05) is 12.1 Å². The zero-order chi connectivity index (χ0) is 6.81. The SMILES string of the molecule is c1nc(C2CCCC2)c[nH]1. The van der Waals surface area contributed by atoms with Gasteiger partial charge in [0.15, 0.2) is 0 Å². The first kappa shape index (κ1) is 5.96. The van der Waals surface area contributed by atoms with E-state index < -0.39 is 0 Å². The Bertz CT molecular complexity index is 185. The van der Waals surface area contributed by atoms with Crippen molar-refractivity contribution in [3.05, 3.63) is 18.2 Å². The van der Waals surface area contributed by atoms with E-state index in [4.69, 9.17) is 0 Å². The number of aromatic amines is 1. The monoisotopic (exact) mass is 136 g/mol. The Morgan fingerprint density at radius 2 is 2.20 bits per heavy atom. The van der Waals surface area contributed by atoms with Crippen LogP contribution >= 0.6 is 0 Å². The van der Waals surface area contributed by atoms with Crippen LogP contribution in [0.3, 0.4) is 0 Å². The Kier molecular flexibility index (Phi) is 1.46. The number of H-pyrrole nitrogens is 1. The predicted octanol–water partition coefficient (Wildman–Crippen LogP) is 2.07. The molecular formula is C8H12N2. The molecule has 0 bridgehead atoms. The molecule has 1 N–H and O–H groups in total. The topological polar surface area (TPSA) is 28.7 Å². The summed E-state index contributed by atoms with van der Waals surface area (Å²) in [5.41, 5.74) is 1.26. The highest BCUT2D eigenvalue weighted by atomic mass is 14.9. The van der Waals surface area contributed by atoms with Crippen LogP contribution in [-0.4, -0.2) is 9.97 Å². The van der Waals surface area contributed by atoms with Crippen LogP contribution in [0.4, 0.5) is 0 Å². The normalized spacial score (nSPS) is 20.0. The molecule has 0 atom stereocenters. The molecule has 0 saturated heterocycles. The summed E-state index contributed by atoms with van der Waals surface area (Å²) in [6.07, 6.45) is 9.24. The molecule has 1 fully saturated rings. The van der Waals surface area contributed by atoms with E-state index in [1.807, 2.05) is 6.20 Å². The largest absolute Gasteiger partial charge is 0.351 e. The van der Waals surface area contributed by atoms with Gasteiger partial charge in [0.2, 0.25) is 0 Å². The van der Waals surface area contributed by atoms with E-state index in [2.05, 4.69) is 9.97 Å². The lowest BCUT2D eigenvalue weighted by Gasteiger charge is -2.01. The first-order valence-corrected chi connectivity index (χ1v) is 3.95. The number of aromatic nitrogens is 2. The maximum absolute atomic E-state index is 4.24. The lowest BCUT2D eigenvalue weighted by molar-refractivity contribution is 0.702. The third-order valence-electron chi connectivity index (χ3n) is 2.29. The fraction of sp³-hybridized carbons (Fsp3) is 0.625. The van der Waals surface area contributed by atoms with Crippen LogP contribution in [0.25, 0.3) is 0 Å². The summed E-state index contributed by atoms with van der Waals surface area (Å²) in [4.78, 5) is 7.24. The van der Waals surface area contributed by atoms with Crippen LogP contribution in [0, 0.1) is 0 Å². The van der Waals surface area contributed by atoms with E-state index in [1.165, 1.54) is 31.4 Å². The summed E-state index contributed by atoms with van der Waals surface area (Å²) < 4.78 is 0. The molecule has 1 aromatic heterocycles. The molecule has 1 saturated carbocycles. The summed E-state index contributed by atoms with van der Waals surface area (Å²) in [6.45, 7) is 0. The van der Waals surface area contributed by atoms with Gasteiger partial charge < -0.3 is 4.98 Å². The summed E-state index contributed by atoms with van der Waals surface area (Å²) >= 11 is 0. The molecule has 2 nitrogen and oxygen atoms in total. The molecule has 0 amide bonds. The van der Waals surface area contributed by atoms with Crippen LogP contribution in [-0.2, 0) is 0 Å². The number of nitrogens with zero attached hydrogens (tertiary/aromatic N) is 1. The van der Waals surface area contributed by atoms with Gasteiger partial charge >= 0.3 is 0 Å². The molecule has 0 aliphatic heterocycles. The molecule has 2 rings (SSSR count). The molecule has 1 aliphatic rings. The number of rotatable bonds is 1. The highest BCUT2D eigenvalue weighted by Crippen LogP contribution is 2.32. The van der Waals surface area contributed by atoms with Crippen LogP contribution in [0.1, 0.15) is 37.3 Å². The van der Waals surface area contributed by atoms with Gasteiger partial charge in [0.05, 0.1) is 12.0 Å². The van der Waals surface area contributed by atoms with Gasteiger partial charge in [-0.25, -0.2) is 4.98 Å². The lowest BCUT2D eigenvalue weighted by Crippen LogP contribution is -1.90. The summed E-state index contributed by atoms with van der Waals surface area (Å²) in [5.74, 6) is 0.756. The predicted molar refractivity (Wildman–Crippen MR) is 39.8 cm³/mol. The van der Waals surface area contributed by atoms with Crippen LogP contribution < -0.4 is 0 Å². The van der Waals surface area contributed by atoms with Gasteiger partial charge in [0.1, 0.15) is 0 Å². The number of imidazole rings is 1. The minimum atomic E-state index is 0.756. The van der Waals surface area contributed by atoms with Crippen molar-refractivity contribution >= 4 is 0 Å². The average molecular weight is 136 g/mol. The van der Waals surface area contributed by atoms with Crippen molar-refractivity contribution < 1.29 is 0 Å². The summed E-state index contributed by atoms with van der Waals surface area (Å²) in [6, 6.07) is 0. The fourth-order valence-corrected chi connectivity index (χ4v) is 1.72. The zero-order valence-corrected chi connectivity index (χ0v) is 6.01. The van der Waals surface area contributed by atoms with Crippen molar-refractivity contribution in [1.82, 2.24) is 9.97 Å². The molecular weight excluding hydrogens is 124 g/mol. The second-order valence-electron chi connectivity index (χ2n) is 2.98. The van der Waals surface area contributed by atoms with Crippen LogP contribution in [0.2, 0.25) is 0 Å². The summed E-state index contributed by atoms with van der Waals surface area (Å²) in [5, 5.41) is 0. The molecule has 10 heavy (non-hydrogen) atoms. The highest BCUT2D eigenvalue weighted by molar-refractivity contribution is 5.04. The summed E-state index contributed by atoms with van der Waals surface area (Å²) in [7, 11) is 0. The van der Waals surface area contributed by atoms with Crippen LogP contribution in [0.5, 0.6) is 0 Å². The van der Waals surface area contributed by atoms with E-state index in [0.29, 0.717) is 0 Å². The molecule has 1 aliphatic carbocycles. The Balaban J connectivity index is 2.12. The molecule has 0 spiro atoms. The molecule has 1 heterocycles. The van der Waals surface area contributed by atoms with Gasteiger partial charge in [0.25, 0.3) is 0 Å². The third kappa shape index (κ3) is 0.939. The van der Waals surface area contributed by atoms with E-state index in [9.17, 15) is 0 Å². The Morgan fingerprint density at radius 3 is 2.80 bits per heavy atom. The van der Waals surface area contributed by atoms with Crippen molar-refractivity contribution in [1.29, 1.82) is 0 Å². The molecule has 2 heteroatoms. The first-order valence-electron chi connectivity index (χ1n) is 3.95. The van der Waals surface area contributed by atoms with Crippen molar-refractivity contribution in [2.24, 2.45) is 0 Å². The molecule has 0 radical (unpaired) electrons. The number of hydrogen-bond donors (Lipinski definition) is 1. The van der Waals surface area contributed by atoms with E-state index in [0.717, 1.165) is 5.92 Å². The second-order valence-corrected chi connectivity index (χ2v) is 2.98. The van der Waals surface area contributed by atoms with Gasteiger partial charge in [-0.05, 0) is 12.8 Å². The first-order chi connectivity index (χ1) is 4.97. The van der Waals surface area contributed by atoms with Gasteiger partial charge in [-0.15, -0.1) is 0 Å². The van der Waals surface area contributed by atoms with Gasteiger partial charge in [-0.1, -0.05) is 12.8 Å². The Morgan fingerprint density at radius 1 is 1.40 bits per heavy atom. The van der Waals surface area contributed by atoms with Gasteiger partial charge in [-0.2, -0.15) is 0 Å². The average Bonchev–Trinajstić information content (AvgIpc) is 2.59. The second kappa shape index (κ2) is 2.45. The highest BCUT2D eigenvalue weighted by Gasteiger charge is 2.17.